The molecule has 0 saturated carbocycles. The number of nitrogens with one attached hydrogen (secondary N) is 2. The Hall–Kier alpha value is -1.38. The van der Waals surface area contributed by atoms with E-state index in [0.717, 1.165) is 30.9 Å². The minimum Gasteiger partial charge on any atom is -0.354 e. The molecule has 2 N–H and O–H groups in total. The van der Waals surface area contributed by atoms with Crippen LogP contribution < -0.4 is 10.6 Å². The summed E-state index contributed by atoms with van der Waals surface area (Å²) in [5.74, 6) is 2.41. The molecule has 1 atom stereocenters. The van der Waals surface area contributed by atoms with Gasteiger partial charge in [-0.2, -0.15) is 0 Å². The summed E-state index contributed by atoms with van der Waals surface area (Å²) < 4.78 is 0. The van der Waals surface area contributed by atoms with Crippen LogP contribution in [0.2, 0.25) is 0 Å². The number of hydrogen-bond donors (Lipinski definition) is 2. The van der Waals surface area contributed by atoms with Crippen LogP contribution in [0.3, 0.4) is 0 Å². The highest BCUT2D eigenvalue weighted by Crippen LogP contribution is 2.28. The topological polar surface area (TPSA) is 69.6 Å². The van der Waals surface area contributed by atoms with Gasteiger partial charge in [0.2, 0.25) is 0 Å². The Labute approximate surface area is 174 Å². The molecular formula is C19H32IN5O. The van der Waals surface area contributed by atoms with Crippen molar-refractivity contribution >= 4 is 35.8 Å². The van der Waals surface area contributed by atoms with Crippen molar-refractivity contribution in [2.24, 2.45) is 16.8 Å². The number of amides is 1. The first-order chi connectivity index (χ1) is 12.2. The van der Waals surface area contributed by atoms with Gasteiger partial charge in [-0.1, -0.05) is 26.7 Å². The second-order valence-electron chi connectivity index (χ2n) is 6.54. The molecule has 0 radical (unpaired) electrons. The zero-order valence-corrected chi connectivity index (χ0v) is 18.4. The number of carbonyl (C=O) groups is 1. The second kappa shape index (κ2) is 12.1. The lowest BCUT2D eigenvalue weighted by Gasteiger charge is -2.24. The number of aromatic nitrogens is 1. The zero-order chi connectivity index (χ0) is 18.1. The summed E-state index contributed by atoms with van der Waals surface area (Å²) in [5.41, 5.74) is 0.583. The smallest absolute Gasteiger partial charge is 0.252 e. The van der Waals surface area contributed by atoms with Crippen LogP contribution >= 0.6 is 24.0 Å². The molecule has 2 rings (SSSR count). The fourth-order valence-corrected chi connectivity index (χ4v) is 3.60. The van der Waals surface area contributed by atoms with E-state index < -0.39 is 0 Å². The average molecular weight is 473 g/mol. The number of aliphatic imine (C=N–C) groups is 1. The minimum atomic E-state index is -0.0974. The van der Waals surface area contributed by atoms with E-state index in [1.165, 1.54) is 19.3 Å². The van der Waals surface area contributed by atoms with Gasteiger partial charge in [0.15, 0.2) is 5.96 Å². The van der Waals surface area contributed by atoms with E-state index in [2.05, 4.69) is 39.4 Å². The molecule has 1 saturated heterocycles. The van der Waals surface area contributed by atoms with E-state index >= 15 is 0 Å². The number of likely N-dealkylation sites (tertiary alicyclic amines) is 1. The molecule has 6 nitrogen and oxygen atoms in total. The summed E-state index contributed by atoms with van der Waals surface area (Å²) in [6.07, 6.45) is 6.98. The van der Waals surface area contributed by atoms with Gasteiger partial charge in [0.05, 0.1) is 5.56 Å². The first kappa shape index (κ1) is 22.7. The minimum absolute atomic E-state index is 0. The van der Waals surface area contributed by atoms with Gasteiger partial charge < -0.3 is 15.5 Å². The molecule has 1 amide bonds. The standard InChI is InChI=1S/C19H31N5O.HI/c1-4-15(5-2)17-8-12-24(14-17)19(20-3)23-11-10-22-18(25)16-7-6-9-21-13-16;/h6-7,9,13,15,17H,4-5,8,10-12,14H2,1-3H3,(H,20,23)(H,22,25);1H. The number of rotatable bonds is 7. The second-order valence-corrected chi connectivity index (χ2v) is 6.54. The monoisotopic (exact) mass is 473 g/mol. The lowest BCUT2D eigenvalue weighted by Crippen LogP contribution is -2.43. The number of pyridine rings is 1. The molecule has 1 aliphatic rings. The number of carbonyl (C=O) groups excluding carboxylic acids is 1. The Kier molecular flexibility index (Phi) is 10.5. The van der Waals surface area contributed by atoms with Crippen LogP contribution in [0.25, 0.3) is 0 Å². The zero-order valence-electron chi connectivity index (χ0n) is 16.1. The highest BCUT2D eigenvalue weighted by molar-refractivity contribution is 14.0. The maximum Gasteiger partial charge on any atom is 0.252 e. The third kappa shape index (κ3) is 6.41. The van der Waals surface area contributed by atoms with Crippen molar-refractivity contribution in [3.8, 4) is 0 Å². The Morgan fingerprint density at radius 3 is 2.69 bits per heavy atom. The molecule has 0 aromatic carbocycles. The molecule has 26 heavy (non-hydrogen) atoms. The van der Waals surface area contributed by atoms with Gasteiger partial charge in [-0.25, -0.2) is 0 Å². The number of halogens is 1. The van der Waals surface area contributed by atoms with Crippen molar-refractivity contribution in [3.63, 3.8) is 0 Å². The largest absolute Gasteiger partial charge is 0.354 e. The lowest BCUT2D eigenvalue weighted by molar-refractivity contribution is 0.0954. The van der Waals surface area contributed by atoms with E-state index in [-0.39, 0.29) is 29.9 Å². The van der Waals surface area contributed by atoms with Gasteiger partial charge in [0.1, 0.15) is 0 Å². The third-order valence-electron chi connectivity index (χ3n) is 5.07. The van der Waals surface area contributed by atoms with Gasteiger partial charge in [-0.15, -0.1) is 24.0 Å². The van der Waals surface area contributed by atoms with Crippen molar-refractivity contribution in [1.29, 1.82) is 0 Å². The molecule has 1 aliphatic heterocycles. The van der Waals surface area contributed by atoms with E-state index in [0.29, 0.717) is 18.7 Å². The van der Waals surface area contributed by atoms with Crippen molar-refractivity contribution in [1.82, 2.24) is 20.5 Å². The first-order valence-electron chi connectivity index (χ1n) is 9.33. The molecule has 0 aliphatic carbocycles. The Balaban J connectivity index is 0.00000338. The summed E-state index contributed by atoms with van der Waals surface area (Å²) >= 11 is 0. The molecule has 0 spiro atoms. The van der Waals surface area contributed by atoms with E-state index in [9.17, 15) is 4.79 Å². The Morgan fingerprint density at radius 1 is 1.35 bits per heavy atom. The van der Waals surface area contributed by atoms with E-state index in [1.54, 1.807) is 24.5 Å². The Bertz CT molecular complexity index is 562. The predicted molar refractivity (Wildman–Crippen MR) is 117 cm³/mol. The summed E-state index contributed by atoms with van der Waals surface area (Å²) in [6, 6.07) is 3.52. The van der Waals surface area contributed by atoms with Crippen LogP contribution in [0.15, 0.2) is 29.5 Å². The first-order valence-corrected chi connectivity index (χ1v) is 9.33. The maximum absolute atomic E-state index is 12.0. The maximum atomic E-state index is 12.0. The molecule has 0 bridgehead atoms. The summed E-state index contributed by atoms with van der Waals surface area (Å²) in [5, 5.41) is 6.26. The quantitative estimate of drug-likeness (QED) is 0.277. The third-order valence-corrected chi connectivity index (χ3v) is 5.07. The lowest BCUT2D eigenvalue weighted by atomic mass is 9.87. The van der Waals surface area contributed by atoms with Crippen molar-refractivity contribution in [2.75, 3.05) is 33.2 Å². The fourth-order valence-electron chi connectivity index (χ4n) is 3.60. The van der Waals surface area contributed by atoms with Crippen LogP contribution in [0.5, 0.6) is 0 Å². The molecular weight excluding hydrogens is 441 g/mol. The molecule has 1 fully saturated rings. The van der Waals surface area contributed by atoms with Gasteiger partial charge in [0, 0.05) is 45.6 Å². The number of hydrogen-bond acceptors (Lipinski definition) is 3. The van der Waals surface area contributed by atoms with E-state index in [4.69, 9.17) is 0 Å². The van der Waals surface area contributed by atoms with Crippen molar-refractivity contribution in [3.05, 3.63) is 30.1 Å². The van der Waals surface area contributed by atoms with Gasteiger partial charge in [-0.05, 0) is 30.4 Å². The van der Waals surface area contributed by atoms with Crippen LogP contribution in [0.1, 0.15) is 43.5 Å². The Morgan fingerprint density at radius 2 is 2.08 bits per heavy atom. The molecule has 1 unspecified atom stereocenters. The summed E-state index contributed by atoms with van der Waals surface area (Å²) in [7, 11) is 1.82. The molecule has 1 aromatic heterocycles. The van der Waals surface area contributed by atoms with E-state index in [1.807, 2.05) is 7.05 Å². The molecule has 2 heterocycles. The van der Waals surface area contributed by atoms with Gasteiger partial charge >= 0.3 is 0 Å². The SMILES string of the molecule is CCC(CC)C1CCN(C(=NC)NCCNC(=O)c2cccnc2)C1.I. The molecule has 146 valence electrons. The average Bonchev–Trinajstić information content (AvgIpc) is 3.13. The van der Waals surface area contributed by atoms with Crippen LogP contribution in [-0.4, -0.2) is 55.0 Å². The number of nitrogens with zero attached hydrogens (tertiary/aromatic N) is 3. The molecule has 1 aromatic rings. The van der Waals surface area contributed by atoms with Gasteiger partial charge in [0.25, 0.3) is 5.91 Å². The van der Waals surface area contributed by atoms with Gasteiger partial charge in [-0.3, -0.25) is 14.8 Å². The van der Waals surface area contributed by atoms with Crippen molar-refractivity contribution < 1.29 is 4.79 Å². The summed E-state index contributed by atoms with van der Waals surface area (Å²) in [6.45, 7) is 7.92. The highest BCUT2D eigenvalue weighted by atomic mass is 127. The normalized spacial score (nSPS) is 17.2. The fraction of sp³-hybridized carbons (Fsp3) is 0.632. The van der Waals surface area contributed by atoms with Crippen LogP contribution in [0.4, 0.5) is 0 Å². The molecule has 7 heteroatoms. The van der Waals surface area contributed by atoms with Crippen LogP contribution in [0, 0.1) is 11.8 Å². The predicted octanol–water partition coefficient (Wildman–Crippen LogP) is 2.76. The van der Waals surface area contributed by atoms with Crippen LogP contribution in [-0.2, 0) is 0 Å². The summed E-state index contributed by atoms with van der Waals surface area (Å²) in [4.78, 5) is 22.7. The highest BCUT2D eigenvalue weighted by Gasteiger charge is 2.29. The van der Waals surface area contributed by atoms with Crippen molar-refractivity contribution in [2.45, 2.75) is 33.1 Å². The number of guanidine groups is 1.